The van der Waals surface area contributed by atoms with Gasteiger partial charge in [0, 0.05) is 23.1 Å². The summed E-state index contributed by atoms with van der Waals surface area (Å²) >= 11 is 0. The molecule has 3 rings (SSSR count). The number of hydrogen-bond donors (Lipinski definition) is 3. The number of nitrogen functional groups attached to an aromatic ring is 1. The van der Waals surface area contributed by atoms with Gasteiger partial charge in [-0.2, -0.15) is 0 Å². The number of ether oxygens (including phenoxy) is 1. The molecule has 1 aromatic heterocycles. The lowest BCUT2D eigenvalue weighted by molar-refractivity contribution is 0.0697. The van der Waals surface area contributed by atoms with Gasteiger partial charge in [0.1, 0.15) is 0 Å². The first-order valence-corrected chi connectivity index (χ1v) is 5.41. The number of fused-ring (bicyclic) bond motifs is 3. The van der Waals surface area contributed by atoms with E-state index in [1.165, 1.54) is 6.07 Å². The Morgan fingerprint density at radius 3 is 3.06 bits per heavy atom. The number of nitrogens with two attached hydrogens (primary N) is 1. The molecule has 0 atom stereocenters. The van der Waals surface area contributed by atoms with Gasteiger partial charge in [-0.05, 0) is 12.1 Å². The van der Waals surface area contributed by atoms with Gasteiger partial charge in [0.25, 0.3) is 0 Å². The van der Waals surface area contributed by atoms with Crippen molar-refractivity contribution in [3.05, 3.63) is 29.0 Å². The SMILES string of the molecule is Nc1cc(C(=O)O)cc2c3c([nH]c12)CCOC3. The maximum absolute atomic E-state index is 11.0. The van der Waals surface area contributed by atoms with Crippen LogP contribution in [-0.2, 0) is 17.8 Å². The number of carbonyl (C=O) groups is 1. The van der Waals surface area contributed by atoms with Crippen LogP contribution < -0.4 is 5.73 Å². The summed E-state index contributed by atoms with van der Waals surface area (Å²) in [6, 6.07) is 3.13. The third kappa shape index (κ3) is 1.47. The molecule has 0 amide bonds. The highest BCUT2D eigenvalue weighted by molar-refractivity contribution is 6.00. The molecule has 4 N–H and O–H groups in total. The molecule has 2 aromatic rings. The maximum atomic E-state index is 11.0. The number of aromatic amines is 1. The number of nitrogens with one attached hydrogen (secondary N) is 1. The fourth-order valence-corrected chi connectivity index (χ4v) is 2.28. The predicted octanol–water partition coefficient (Wildman–Crippen LogP) is 1.52. The normalized spacial score (nSPS) is 14.8. The second-order valence-electron chi connectivity index (χ2n) is 4.18. The number of aromatic nitrogens is 1. The Hall–Kier alpha value is -2.01. The second-order valence-corrected chi connectivity index (χ2v) is 4.18. The molecule has 1 aliphatic rings. The van der Waals surface area contributed by atoms with Crippen LogP contribution in [0.1, 0.15) is 21.6 Å². The first-order chi connectivity index (χ1) is 8.16. The van der Waals surface area contributed by atoms with E-state index in [2.05, 4.69) is 4.98 Å². The molecular formula is C12H12N2O3. The third-order valence-corrected chi connectivity index (χ3v) is 3.12. The zero-order valence-electron chi connectivity index (χ0n) is 9.12. The van der Waals surface area contributed by atoms with Crippen molar-refractivity contribution >= 4 is 22.6 Å². The van der Waals surface area contributed by atoms with Crippen LogP contribution in [0.25, 0.3) is 10.9 Å². The molecule has 1 aliphatic heterocycles. The molecule has 17 heavy (non-hydrogen) atoms. The van der Waals surface area contributed by atoms with E-state index >= 15 is 0 Å². The molecule has 2 heterocycles. The molecule has 0 saturated carbocycles. The number of aromatic carboxylic acids is 1. The molecule has 5 nitrogen and oxygen atoms in total. The average Bonchev–Trinajstić information content (AvgIpc) is 2.68. The van der Waals surface area contributed by atoms with E-state index in [-0.39, 0.29) is 5.56 Å². The van der Waals surface area contributed by atoms with Gasteiger partial charge < -0.3 is 20.6 Å². The lowest BCUT2D eigenvalue weighted by Gasteiger charge is -2.11. The van der Waals surface area contributed by atoms with E-state index in [1.54, 1.807) is 6.07 Å². The fourth-order valence-electron chi connectivity index (χ4n) is 2.28. The van der Waals surface area contributed by atoms with Crippen molar-refractivity contribution in [3.63, 3.8) is 0 Å². The van der Waals surface area contributed by atoms with Gasteiger partial charge in [-0.25, -0.2) is 4.79 Å². The van der Waals surface area contributed by atoms with E-state index in [4.69, 9.17) is 15.6 Å². The second kappa shape index (κ2) is 3.49. The maximum Gasteiger partial charge on any atom is 0.335 e. The van der Waals surface area contributed by atoms with Crippen LogP contribution in [0.5, 0.6) is 0 Å². The van der Waals surface area contributed by atoms with E-state index in [0.717, 1.165) is 28.6 Å². The number of rotatable bonds is 1. The van der Waals surface area contributed by atoms with Crippen LogP contribution in [0.2, 0.25) is 0 Å². The van der Waals surface area contributed by atoms with Crippen molar-refractivity contribution in [2.45, 2.75) is 13.0 Å². The molecule has 0 spiro atoms. The van der Waals surface area contributed by atoms with Crippen LogP contribution in [0, 0.1) is 0 Å². The number of benzene rings is 1. The van der Waals surface area contributed by atoms with Crippen LogP contribution in [-0.4, -0.2) is 22.7 Å². The molecule has 0 saturated heterocycles. The topological polar surface area (TPSA) is 88.3 Å². The summed E-state index contributed by atoms with van der Waals surface area (Å²) in [7, 11) is 0. The largest absolute Gasteiger partial charge is 0.478 e. The molecule has 1 aromatic carbocycles. The highest BCUT2D eigenvalue weighted by atomic mass is 16.5. The Labute approximate surface area is 97.2 Å². The summed E-state index contributed by atoms with van der Waals surface area (Å²) in [5.41, 5.74) is 9.49. The summed E-state index contributed by atoms with van der Waals surface area (Å²) in [5.74, 6) is -0.967. The van der Waals surface area contributed by atoms with Gasteiger partial charge in [-0.1, -0.05) is 0 Å². The Bertz CT molecular complexity index is 616. The molecule has 0 aliphatic carbocycles. The van der Waals surface area contributed by atoms with Crippen molar-refractivity contribution in [3.8, 4) is 0 Å². The number of H-pyrrole nitrogens is 1. The minimum absolute atomic E-state index is 0.211. The summed E-state index contributed by atoms with van der Waals surface area (Å²) < 4.78 is 5.39. The van der Waals surface area contributed by atoms with Gasteiger partial charge in [-0.3, -0.25) is 0 Å². The standard InChI is InChI=1S/C12H12N2O3/c13-9-4-6(12(15)16)3-7-8-5-17-2-1-10(8)14-11(7)9/h3-4,14H,1-2,5,13H2,(H,15,16). The zero-order chi connectivity index (χ0) is 12.0. The van der Waals surface area contributed by atoms with Crippen molar-refractivity contribution in [1.29, 1.82) is 0 Å². The molecule has 0 bridgehead atoms. The van der Waals surface area contributed by atoms with Gasteiger partial charge in [0.15, 0.2) is 0 Å². The van der Waals surface area contributed by atoms with Crippen LogP contribution in [0.4, 0.5) is 5.69 Å². The van der Waals surface area contributed by atoms with E-state index < -0.39 is 5.97 Å². The Balaban J connectivity index is 2.32. The van der Waals surface area contributed by atoms with Gasteiger partial charge >= 0.3 is 5.97 Å². The summed E-state index contributed by atoms with van der Waals surface area (Å²) in [6.07, 6.45) is 0.811. The third-order valence-electron chi connectivity index (χ3n) is 3.12. The number of anilines is 1. The zero-order valence-corrected chi connectivity index (χ0v) is 9.12. The molecule has 88 valence electrons. The van der Waals surface area contributed by atoms with E-state index in [9.17, 15) is 4.79 Å². The summed E-state index contributed by atoms with van der Waals surface area (Å²) in [5, 5.41) is 9.87. The lowest BCUT2D eigenvalue weighted by atomic mass is 10.1. The number of hydrogen-bond acceptors (Lipinski definition) is 3. The molecular weight excluding hydrogens is 220 g/mol. The number of carboxylic acids is 1. The number of carboxylic acid groups (broad SMARTS) is 1. The van der Waals surface area contributed by atoms with Crippen LogP contribution in [0.3, 0.4) is 0 Å². The van der Waals surface area contributed by atoms with Crippen molar-refractivity contribution in [2.24, 2.45) is 0 Å². The quantitative estimate of drug-likeness (QED) is 0.650. The fraction of sp³-hybridized carbons (Fsp3) is 0.250. The predicted molar refractivity (Wildman–Crippen MR) is 63.0 cm³/mol. The average molecular weight is 232 g/mol. The molecule has 0 fully saturated rings. The van der Waals surface area contributed by atoms with Crippen LogP contribution in [0.15, 0.2) is 12.1 Å². The molecule has 0 radical (unpaired) electrons. The van der Waals surface area contributed by atoms with Gasteiger partial charge in [0.05, 0.1) is 30.0 Å². The highest BCUT2D eigenvalue weighted by Gasteiger charge is 2.18. The molecule has 5 heteroatoms. The summed E-state index contributed by atoms with van der Waals surface area (Å²) in [4.78, 5) is 14.2. The van der Waals surface area contributed by atoms with Crippen molar-refractivity contribution in [1.82, 2.24) is 4.98 Å². The van der Waals surface area contributed by atoms with Crippen molar-refractivity contribution < 1.29 is 14.6 Å². The van der Waals surface area contributed by atoms with E-state index in [1.807, 2.05) is 0 Å². The van der Waals surface area contributed by atoms with Gasteiger partial charge in [-0.15, -0.1) is 0 Å². The Morgan fingerprint density at radius 1 is 1.47 bits per heavy atom. The van der Waals surface area contributed by atoms with E-state index in [0.29, 0.717) is 18.9 Å². The monoisotopic (exact) mass is 232 g/mol. The van der Waals surface area contributed by atoms with Crippen molar-refractivity contribution in [2.75, 3.05) is 12.3 Å². The molecule has 0 unspecified atom stereocenters. The smallest absolute Gasteiger partial charge is 0.335 e. The minimum atomic E-state index is -0.967. The van der Waals surface area contributed by atoms with Gasteiger partial charge in [0.2, 0.25) is 0 Å². The minimum Gasteiger partial charge on any atom is -0.478 e. The Morgan fingerprint density at radius 2 is 2.29 bits per heavy atom. The Kier molecular flexibility index (Phi) is 2.09. The summed E-state index contributed by atoms with van der Waals surface area (Å²) in [6.45, 7) is 1.20. The first kappa shape index (κ1) is 10.2. The first-order valence-electron chi connectivity index (χ1n) is 5.41. The lowest BCUT2D eigenvalue weighted by Crippen LogP contribution is -2.08. The van der Waals surface area contributed by atoms with Crippen LogP contribution >= 0.6 is 0 Å². The highest BCUT2D eigenvalue weighted by Crippen LogP contribution is 2.31.